The summed E-state index contributed by atoms with van der Waals surface area (Å²) >= 11 is 0. The van der Waals surface area contributed by atoms with Crippen LogP contribution in [0.1, 0.15) is 43.0 Å². The molecule has 1 aliphatic rings. The van der Waals surface area contributed by atoms with Crippen LogP contribution in [0.4, 0.5) is 0 Å². The molecule has 3 aromatic rings. The summed E-state index contributed by atoms with van der Waals surface area (Å²) in [7, 11) is 1.63. The van der Waals surface area contributed by atoms with Gasteiger partial charge in [-0.15, -0.1) is 0 Å². The Morgan fingerprint density at radius 2 is 1.53 bits per heavy atom. The molecular weight excluding hydrogens is 456 g/mol. The lowest BCUT2D eigenvalue weighted by Gasteiger charge is -2.23. The van der Waals surface area contributed by atoms with Gasteiger partial charge < -0.3 is 18.9 Å². The van der Waals surface area contributed by atoms with Crippen molar-refractivity contribution in [3.05, 3.63) is 90.5 Å². The number of carbonyl (C=O) groups is 2. The van der Waals surface area contributed by atoms with Gasteiger partial charge in [-0.2, -0.15) is 0 Å². The Balaban J connectivity index is 1.37. The summed E-state index contributed by atoms with van der Waals surface area (Å²) in [5, 5.41) is 0. The van der Waals surface area contributed by atoms with E-state index >= 15 is 0 Å². The SMILES string of the molecule is C=C1CC(C(CCCC)Oc2ccc(C(=O)Oc3ccc(-c4ccc(OC)cc4)cc3)cc2)OC1=O. The summed E-state index contributed by atoms with van der Waals surface area (Å²) in [5.74, 6) is 1.04. The summed E-state index contributed by atoms with van der Waals surface area (Å²) in [6, 6.07) is 21.9. The molecule has 1 fully saturated rings. The van der Waals surface area contributed by atoms with Gasteiger partial charge in [0.1, 0.15) is 29.5 Å². The molecule has 0 radical (unpaired) electrons. The van der Waals surface area contributed by atoms with Gasteiger partial charge >= 0.3 is 11.9 Å². The first-order chi connectivity index (χ1) is 17.5. The van der Waals surface area contributed by atoms with Crippen molar-refractivity contribution in [2.75, 3.05) is 7.11 Å². The van der Waals surface area contributed by atoms with E-state index in [9.17, 15) is 9.59 Å². The molecule has 36 heavy (non-hydrogen) atoms. The van der Waals surface area contributed by atoms with Crippen molar-refractivity contribution < 1.29 is 28.5 Å². The number of benzene rings is 3. The first kappa shape index (κ1) is 25.0. The van der Waals surface area contributed by atoms with E-state index in [1.165, 1.54) is 0 Å². The zero-order valence-electron chi connectivity index (χ0n) is 20.6. The number of rotatable bonds is 10. The molecule has 6 heteroatoms. The van der Waals surface area contributed by atoms with Crippen molar-refractivity contribution in [3.63, 3.8) is 0 Å². The second-order valence-corrected chi connectivity index (χ2v) is 8.72. The number of hydrogen-bond acceptors (Lipinski definition) is 6. The van der Waals surface area contributed by atoms with Crippen LogP contribution < -0.4 is 14.2 Å². The smallest absolute Gasteiger partial charge is 0.343 e. The van der Waals surface area contributed by atoms with Crippen LogP contribution in [0.5, 0.6) is 17.2 Å². The van der Waals surface area contributed by atoms with E-state index < -0.39 is 5.97 Å². The summed E-state index contributed by atoms with van der Waals surface area (Å²) < 4.78 is 22.3. The molecule has 3 aromatic carbocycles. The molecule has 6 nitrogen and oxygen atoms in total. The van der Waals surface area contributed by atoms with E-state index in [2.05, 4.69) is 13.5 Å². The average Bonchev–Trinajstić information content (AvgIpc) is 3.25. The number of ether oxygens (including phenoxy) is 4. The average molecular weight is 487 g/mol. The van der Waals surface area contributed by atoms with Crippen molar-refractivity contribution in [3.8, 4) is 28.4 Å². The number of hydrogen-bond donors (Lipinski definition) is 0. The van der Waals surface area contributed by atoms with Crippen LogP contribution in [-0.4, -0.2) is 31.3 Å². The number of esters is 2. The molecule has 0 aliphatic carbocycles. The molecular formula is C30H30O6. The van der Waals surface area contributed by atoms with Crippen LogP contribution in [0.3, 0.4) is 0 Å². The number of cyclic esters (lactones) is 1. The monoisotopic (exact) mass is 486 g/mol. The molecule has 0 saturated carbocycles. The summed E-state index contributed by atoms with van der Waals surface area (Å²) in [5.41, 5.74) is 2.93. The number of carbonyl (C=O) groups excluding carboxylic acids is 2. The zero-order valence-corrected chi connectivity index (χ0v) is 20.6. The third-order valence-electron chi connectivity index (χ3n) is 6.12. The lowest BCUT2D eigenvalue weighted by molar-refractivity contribution is -0.142. The highest BCUT2D eigenvalue weighted by atomic mass is 16.6. The maximum absolute atomic E-state index is 12.7. The Morgan fingerprint density at radius 3 is 2.06 bits per heavy atom. The van der Waals surface area contributed by atoms with Gasteiger partial charge in [0.05, 0.1) is 12.7 Å². The van der Waals surface area contributed by atoms with Gasteiger partial charge in [0, 0.05) is 12.0 Å². The molecule has 1 saturated heterocycles. The predicted octanol–water partition coefficient (Wildman–Crippen LogP) is 6.39. The largest absolute Gasteiger partial charge is 0.497 e. The lowest BCUT2D eigenvalue weighted by Crippen LogP contribution is -2.31. The lowest BCUT2D eigenvalue weighted by atomic mass is 10.0. The molecule has 2 unspecified atom stereocenters. The predicted molar refractivity (Wildman–Crippen MR) is 137 cm³/mol. The first-order valence-corrected chi connectivity index (χ1v) is 12.1. The zero-order chi connectivity index (χ0) is 25.5. The summed E-state index contributed by atoms with van der Waals surface area (Å²) in [6.45, 7) is 5.86. The van der Waals surface area contributed by atoms with Gasteiger partial charge in [0.2, 0.25) is 0 Å². The van der Waals surface area contributed by atoms with E-state index in [1.807, 2.05) is 36.4 Å². The van der Waals surface area contributed by atoms with Gasteiger partial charge in [-0.25, -0.2) is 9.59 Å². The first-order valence-electron chi connectivity index (χ1n) is 12.1. The molecule has 186 valence electrons. The van der Waals surface area contributed by atoms with Gasteiger partial charge in [0.15, 0.2) is 0 Å². The Bertz CT molecular complexity index is 1180. The van der Waals surface area contributed by atoms with E-state index in [0.29, 0.717) is 29.1 Å². The standard InChI is InChI=1S/C30H30O6/c1-4-5-6-27(28-19-20(2)29(31)36-28)34-25-17-11-23(12-18-25)30(32)35-26-15-9-22(10-16-26)21-7-13-24(33-3)14-8-21/h7-18,27-28H,2,4-6,19H2,1,3H3. The maximum atomic E-state index is 12.7. The Labute approximate surface area is 211 Å². The van der Waals surface area contributed by atoms with Crippen LogP contribution in [0.25, 0.3) is 11.1 Å². The van der Waals surface area contributed by atoms with Crippen LogP contribution in [0, 0.1) is 0 Å². The minimum absolute atomic E-state index is 0.268. The highest BCUT2D eigenvalue weighted by Crippen LogP contribution is 2.28. The van der Waals surface area contributed by atoms with Gasteiger partial charge in [-0.3, -0.25) is 0 Å². The summed E-state index contributed by atoms with van der Waals surface area (Å²) in [6.07, 6.45) is 2.57. The number of unbranched alkanes of at least 4 members (excludes halogenated alkanes) is 1. The van der Waals surface area contributed by atoms with Gasteiger partial charge in [-0.05, 0) is 72.5 Å². The number of methoxy groups -OCH3 is 1. The van der Waals surface area contributed by atoms with Crippen molar-refractivity contribution in [1.29, 1.82) is 0 Å². The highest BCUT2D eigenvalue weighted by molar-refractivity contribution is 5.91. The van der Waals surface area contributed by atoms with Crippen LogP contribution >= 0.6 is 0 Å². The third kappa shape index (κ3) is 6.13. The molecule has 0 spiro atoms. The fourth-order valence-electron chi connectivity index (χ4n) is 4.03. The van der Waals surface area contributed by atoms with Crippen molar-refractivity contribution in [2.45, 2.75) is 44.8 Å². The van der Waals surface area contributed by atoms with Gasteiger partial charge in [-0.1, -0.05) is 44.2 Å². The topological polar surface area (TPSA) is 71.1 Å². The van der Waals surface area contributed by atoms with Crippen LogP contribution in [0.2, 0.25) is 0 Å². The van der Waals surface area contributed by atoms with Crippen LogP contribution in [-0.2, 0) is 9.53 Å². The Morgan fingerprint density at radius 1 is 0.944 bits per heavy atom. The van der Waals surface area contributed by atoms with Crippen molar-refractivity contribution in [1.82, 2.24) is 0 Å². The van der Waals surface area contributed by atoms with Crippen molar-refractivity contribution >= 4 is 11.9 Å². The fraction of sp³-hybridized carbons (Fsp3) is 0.267. The van der Waals surface area contributed by atoms with E-state index in [0.717, 1.165) is 36.1 Å². The third-order valence-corrected chi connectivity index (χ3v) is 6.12. The quantitative estimate of drug-likeness (QED) is 0.188. The fourth-order valence-corrected chi connectivity index (χ4v) is 4.03. The van der Waals surface area contributed by atoms with E-state index in [-0.39, 0.29) is 18.2 Å². The maximum Gasteiger partial charge on any atom is 0.343 e. The molecule has 1 aliphatic heterocycles. The van der Waals surface area contributed by atoms with E-state index in [4.69, 9.17) is 18.9 Å². The minimum Gasteiger partial charge on any atom is -0.497 e. The Hall–Kier alpha value is -4.06. The van der Waals surface area contributed by atoms with Crippen LogP contribution in [0.15, 0.2) is 84.9 Å². The summed E-state index contributed by atoms with van der Waals surface area (Å²) in [4.78, 5) is 24.4. The molecule has 0 aromatic heterocycles. The molecule has 4 rings (SSSR count). The van der Waals surface area contributed by atoms with Gasteiger partial charge in [0.25, 0.3) is 0 Å². The van der Waals surface area contributed by atoms with Crippen molar-refractivity contribution in [2.24, 2.45) is 0 Å². The second-order valence-electron chi connectivity index (χ2n) is 8.72. The Kier molecular flexibility index (Phi) is 8.06. The molecule has 0 bridgehead atoms. The van der Waals surface area contributed by atoms with E-state index in [1.54, 1.807) is 43.5 Å². The molecule has 2 atom stereocenters. The molecule has 0 amide bonds. The minimum atomic E-state index is -0.456. The highest BCUT2D eigenvalue weighted by Gasteiger charge is 2.35. The molecule has 0 N–H and O–H groups in total. The molecule has 1 heterocycles. The normalized spacial score (nSPS) is 15.8. The second kappa shape index (κ2) is 11.6.